The van der Waals surface area contributed by atoms with Crippen LogP contribution < -0.4 is 24.8 Å². The van der Waals surface area contributed by atoms with Gasteiger partial charge in [-0.05, 0) is 36.2 Å². The molecule has 0 spiro atoms. The van der Waals surface area contributed by atoms with Crippen molar-refractivity contribution in [2.45, 2.75) is 20.0 Å². The minimum atomic E-state index is 0. The van der Waals surface area contributed by atoms with Crippen LogP contribution >= 0.6 is 24.0 Å². The minimum absolute atomic E-state index is 0. The van der Waals surface area contributed by atoms with Crippen LogP contribution in [-0.4, -0.2) is 39.3 Å². The summed E-state index contributed by atoms with van der Waals surface area (Å²) in [7, 11) is 6.52. The highest BCUT2D eigenvalue weighted by Crippen LogP contribution is 2.38. The first-order valence-corrected chi connectivity index (χ1v) is 8.26. The number of guanidine groups is 1. The highest BCUT2D eigenvalue weighted by molar-refractivity contribution is 14.0. The molecule has 0 bridgehead atoms. The first kappa shape index (κ1) is 22.8. The molecule has 0 saturated carbocycles. The van der Waals surface area contributed by atoms with E-state index in [1.807, 2.05) is 31.2 Å². The summed E-state index contributed by atoms with van der Waals surface area (Å²) in [5, 5.41) is 6.54. The Kier molecular flexibility index (Phi) is 9.70. The Morgan fingerprint density at radius 2 is 1.67 bits per heavy atom. The summed E-state index contributed by atoms with van der Waals surface area (Å²) in [6.07, 6.45) is 1.79. The van der Waals surface area contributed by atoms with Crippen molar-refractivity contribution in [2.24, 2.45) is 4.99 Å². The number of nitrogens with zero attached hydrogens (tertiary/aromatic N) is 2. The van der Waals surface area contributed by atoms with Gasteiger partial charge in [0, 0.05) is 19.8 Å². The second-order valence-electron chi connectivity index (χ2n) is 5.58. The molecule has 0 saturated heterocycles. The normalized spacial score (nSPS) is 10.6. The number of aliphatic imine (C=N–C) groups is 1. The number of ether oxygens (including phenoxy) is 3. The first-order chi connectivity index (χ1) is 12.6. The van der Waals surface area contributed by atoms with Gasteiger partial charge < -0.3 is 24.8 Å². The molecule has 0 aliphatic carbocycles. The van der Waals surface area contributed by atoms with Crippen molar-refractivity contribution < 1.29 is 14.2 Å². The topological polar surface area (TPSA) is 77.0 Å². The third-order valence-corrected chi connectivity index (χ3v) is 3.95. The molecule has 2 N–H and O–H groups in total. The number of pyridine rings is 1. The van der Waals surface area contributed by atoms with Gasteiger partial charge in [0.1, 0.15) is 0 Å². The molecule has 1 aromatic heterocycles. The number of hydrogen-bond donors (Lipinski definition) is 2. The van der Waals surface area contributed by atoms with E-state index in [0.29, 0.717) is 36.3 Å². The Bertz CT molecular complexity index is 743. The van der Waals surface area contributed by atoms with Crippen molar-refractivity contribution in [1.29, 1.82) is 0 Å². The van der Waals surface area contributed by atoms with Crippen molar-refractivity contribution in [1.82, 2.24) is 15.6 Å². The summed E-state index contributed by atoms with van der Waals surface area (Å²) in [4.78, 5) is 8.62. The molecule has 2 aromatic rings. The van der Waals surface area contributed by atoms with Gasteiger partial charge in [0.2, 0.25) is 5.75 Å². The Labute approximate surface area is 177 Å². The number of nitrogens with one attached hydrogen (secondary N) is 2. The molecule has 27 heavy (non-hydrogen) atoms. The van der Waals surface area contributed by atoms with Crippen molar-refractivity contribution in [2.75, 3.05) is 28.4 Å². The monoisotopic (exact) mass is 486 g/mol. The van der Waals surface area contributed by atoms with Gasteiger partial charge in [-0.25, -0.2) is 0 Å². The number of aromatic nitrogens is 1. The Balaban J connectivity index is 0.00000364. The minimum Gasteiger partial charge on any atom is -0.493 e. The van der Waals surface area contributed by atoms with E-state index in [2.05, 4.69) is 20.6 Å². The van der Waals surface area contributed by atoms with Crippen LogP contribution in [0.2, 0.25) is 0 Å². The molecule has 1 aromatic carbocycles. The lowest BCUT2D eigenvalue weighted by Crippen LogP contribution is -2.36. The average molecular weight is 486 g/mol. The highest BCUT2D eigenvalue weighted by Gasteiger charge is 2.13. The fourth-order valence-corrected chi connectivity index (χ4v) is 2.51. The number of rotatable bonds is 7. The van der Waals surface area contributed by atoms with Gasteiger partial charge in [0.25, 0.3) is 0 Å². The molecule has 0 radical (unpaired) electrons. The lowest BCUT2D eigenvalue weighted by atomic mass is 10.2. The van der Waals surface area contributed by atoms with Crippen LogP contribution in [0, 0.1) is 6.92 Å². The molecule has 2 rings (SSSR count). The molecule has 1 heterocycles. The summed E-state index contributed by atoms with van der Waals surface area (Å²) in [5.41, 5.74) is 3.11. The zero-order valence-electron chi connectivity index (χ0n) is 16.3. The molecule has 7 nitrogen and oxygen atoms in total. The van der Waals surface area contributed by atoms with Crippen LogP contribution in [0.5, 0.6) is 17.2 Å². The van der Waals surface area contributed by atoms with E-state index in [0.717, 1.165) is 16.8 Å². The van der Waals surface area contributed by atoms with E-state index in [9.17, 15) is 0 Å². The molecule has 0 aliphatic rings. The van der Waals surface area contributed by atoms with E-state index in [-0.39, 0.29) is 24.0 Å². The summed E-state index contributed by atoms with van der Waals surface area (Å²) in [6.45, 7) is 3.19. The summed E-state index contributed by atoms with van der Waals surface area (Å²) < 4.78 is 16.1. The third kappa shape index (κ3) is 6.16. The van der Waals surface area contributed by atoms with Gasteiger partial charge in [0.15, 0.2) is 17.5 Å². The number of methoxy groups -OCH3 is 3. The quantitative estimate of drug-likeness (QED) is 0.356. The SMILES string of the molecule is CN=C(NCc1cc(OC)c(OC)c(OC)c1)NCc1ncccc1C.I. The molecular formula is C19H27IN4O3. The van der Waals surface area contributed by atoms with Crippen LogP contribution in [-0.2, 0) is 13.1 Å². The maximum Gasteiger partial charge on any atom is 0.203 e. The standard InChI is InChI=1S/C19H26N4O3.HI/c1-13-7-6-8-21-15(13)12-23-19(20-2)22-11-14-9-16(24-3)18(26-5)17(10-14)25-4;/h6-10H,11-12H2,1-5H3,(H2,20,22,23);1H. The Morgan fingerprint density at radius 3 is 2.19 bits per heavy atom. The van der Waals surface area contributed by atoms with Crippen LogP contribution in [0.3, 0.4) is 0 Å². The predicted octanol–water partition coefficient (Wildman–Crippen LogP) is 2.90. The van der Waals surface area contributed by atoms with Crippen molar-refractivity contribution in [3.8, 4) is 17.2 Å². The second kappa shape index (κ2) is 11.5. The highest BCUT2D eigenvalue weighted by atomic mass is 127. The number of benzene rings is 1. The van der Waals surface area contributed by atoms with Gasteiger partial charge in [-0.15, -0.1) is 24.0 Å². The van der Waals surface area contributed by atoms with Crippen molar-refractivity contribution >= 4 is 29.9 Å². The van der Waals surface area contributed by atoms with E-state index in [4.69, 9.17) is 14.2 Å². The van der Waals surface area contributed by atoms with Crippen molar-refractivity contribution in [3.05, 3.63) is 47.3 Å². The molecular weight excluding hydrogens is 459 g/mol. The lowest BCUT2D eigenvalue weighted by Gasteiger charge is -2.16. The zero-order valence-corrected chi connectivity index (χ0v) is 18.7. The fraction of sp³-hybridized carbons (Fsp3) is 0.368. The van der Waals surface area contributed by atoms with Gasteiger partial charge in [-0.3, -0.25) is 9.98 Å². The predicted molar refractivity (Wildman–Crippen MR) is 118 cm³/mol. The average Bonchev–Trinajstić information content (AvgIpc) is 2.68. The van der Waals surface area contributed by atoms with Gasteiger partial charge in [-0.1, -0.05) is 6.07 Å². The summed E-state index contributed by atoms with van der Waals surface area (Å²) in [6, 6.07) is 7.78. The maximum absolute atomic E-state index is 5.38. The fourth-order valence-electron chi connectivity index (χ4n) is 2.51. The molecule has 8 heteroatoms. The van der Waals surface area contributed by atoms with E-state index in [1.54, 1.807) is 34.6 Å². The Hall–Kier alpha value is -2.23. The molecule has 0 fully saturated rings. The second-order valence-corrected chi connectivity index (χ2v) is 5.58. The van der Waals surface area contributed by atoms with Gasteiger partial charge in [-0.2, -0.15) is 0 Å². The van der Waals surface area contributed by atoms with Crippen molar-refractivity contribution in [3.63, 3.8) is 0 Å². The smallest absolute Gasteiger partial charge is 0.203 e. The third-order valence-electron chi connectivity index (χ3n) is 3.95. The molecule has 0 unspecified atom stereocenters. The van der Waals surface area contributed by atoms with Crippen LogP contribution in [0.1, 0.15) is 16.8 Å². The van der Waals surface area contributed by atoms with Gasteiger partial charge >= 0.3 is 0 Å². The summed E-state index contributed by atoms with van der Waals surface area (Å²) >= 11 is 0. The molecule has 0 atom stereocenters. The number of aryl methyl sites for hydroxylation is 1. The van der Waals surface area contributed by atoms with Crippen LogP contribution in [0.4, 0.5) is 0 Å². The zero-order chi connectivity index (χ0) is 18.9. The molecule has 148 valence electrons. The maximum atomic E-state index is 5.38. The largest absolute Gasteiger partial charge is 0.493 e. The Morgan fingerprint density at radius 1 is 1.04 bits per heavy atom. The van der Waals surface area contributed by atoms with E-state index in [1.165, 1.54) is 0 Å². The lowest BCUT2D eigenvalue weighted by molar-refractivity contribution is 0.323. The van der Waals surface area contributed by atoms with Crippen LogP contribution in [0.15, 0.2) is 35.5 Å². The van der Waals surface area contributed by atoms with E-state index >= 15 is 0 Å². The van der Waals surface area contributed by atoms with Crippen LogP contribution in [0.25, 0.3) is 0 Å². The number of hydrogen-bond acceptors (Lipinski definition) is 5. The number of halogens is 1. The first-order valence-electron chi connectivity index (χ1n) is 8.26. The summed E-state index contributed by atoms with van der Waals surface area (Å²) in [5.74, 6) is 2.50. The molecule has 0 aliphatic heterocycles. The van der Waals surface area contributed by atoms with E-state index < -0.39 is 0 Å². The molecule has 0 amide bonds. The van der Waals surface area contributed by atoms with Gasteiger partial charge in [0.05, 0.1) is 33.6 Å².